The molecule has 1 aromatic rings. The molecule has 1 rings (SSSR count). The van der Waals surface area contributed by atoms with Crippen molar-refractivity contribution in [3.05, 3.63) is 29.3 Å². The zero-order valence-corrected chi connectivity index (χ0v) is 9.77. The van der Waals surface area contributed by atoms with Gasteiger partial charge in [-0.25, -0.2) is 0 Å². The van der Waals surface area contributed by atoms with E-state index in [4.69, 9.17) is 33.6 Å². The molecule has 17 heavy (non-hydrogen) atoms. The fourth-order valence-corrected chi connectivity index (χ4v) is 1.20. The summed E-state index contributed by atoms with van der Waals surface area (Å²) in [6.45, 7) is 0. The van der Waals surface area contributed by atoms with Gasteiger partial charge in [-0.1, -0.05) is 33.5 Å². The van der Waals surface area contributed by atoms with Gasteiger partial charge in [-0.05, 0) is 24.3 Å². The van der Waals surface area contributed by atoms with Gasteiger partial charge < -0.3 is 15.7 Å². The summed E-state index contributed by atoms with van der Waals surface area (Å²) in [4.78, 5) is 11.5. The Morgan fingerprint density at radius 3 is 2.24 bits per heavy atom. The summed E-state index contributed by atoms with van der Waals surface area (Å²) in [5, 5.41) is 24.3. The average molecular weight is 276 g/mol. The highest BCUT2D eigenvalue weighted by molar-refractivity contribution is 6.92. The number of hydrogen-bond donors (Lipinski definition) is 3. The van der Waals surface area contributed by atoms with Crippen LogP contribution in [0, 0.1) is 0 Å². The quantitative estimate of drug-likeness (QED) is 0.448. The lowest BCUT2D eigenvalue weighted by atomic mass is 10.3. The van der Waals surface area contributed by atoms with Gasteiger partial charge in [0.25, 0.3) is 5.91 Å². The lowest BCUT2D eigenvalue weighted by Crippen LogP contribution is -2.27. The average Bonchev–Trinajstić information content (AvgIpc) is 2.32. The van der Waals surface area contributed by atoms with E-state index in [2.05, 4.69) is 15.6 Å². The normalized spacial score (nSPS) is 12.4. The second-order valence-corrected chi connectivity index (χ2v) is 3.59. The molecule has 6 nitrogen and oxygen atoms in total. The molecule has 0 radical (unpaired) electrons. The van der Waals surface area contributed by atoms with Crippen molar-refractivity contribution in [2.24, 2.45) is 10.3 Å². The molecule has 3 N–H and O–H groups in total. The molecular weight excluding hydrogens is 269 g/mol. The Morgan fingerprint density at radius 2 is 1.76 bits per heavy atom. The van der Waals surface area contributed by atoms with E-state index in [0.29, 0.717) is 10.7 Å². The van der Waals surface area contributed by atoms with Gasteiger partial charge in [-0.15, -0.1) is 0 Å². The van der Waals surface area contributed by atoms with Crippen LogP contribution in [0.2, 0.25) is 5.02 Å². The molecule has 0 spiro atoms. The molecule has 0 aliphatic rings. The lowest BCUT2D eigenvalue weighted by molar-refractivity contribution is -0.110. The topological polar surface area (TPSA) is 94.3 Å². The predicted octanol–water partition coefficient (Wildman–Crippen LogP) is 2.14. The summed E-state index contributed by atoms with van der Waals surface area (Å²) in [5.41, 5.74) is -0.188. The van der Waals surface area contributed by atoms with Crippen molar-refractivity contribution >= 4 is 45.7 Å². The number of nitrogens with zero attached hydrogens (tertiary/aromatic N) is 2. The van der Waals surface area contributed by atoms with E-state index in [9.17, 15) is 4.79 Å². The summed E-state index contributed by atoms with van der Waals surface area (Å²) in [6.07, 6.45) is 0. The zero-order chi connectivity index (χ0) is 12.8. The van der Waals surface area contributed by atoms with Crippen LogP contribution in [0.4, 0.5) is 5.69 Å². The third kappa shape index (κ3) is 3.61. The van der Waals surface area contributed by atoms with E-state index in [0.717, 1.165) is 0 Å². The molecule has 0 aromatic heterocycles. The predicted molar refractivity (Wildman–Crippen MR) is 64.4 cm³/mol. The first kappa shape index (κ1) is 13.3. The number of carbonyl (C=O) groups excluding carboxylic acids is 1. The number of rotatable bonds is 3. The number of hydrogen-bond acceptors (Lipinski definition) is 5. The van der Waals surface area contributed by atoms with Gasteiger partial charge in [0.15, 0.2) is 0 Å². The molecule has 1 amide bonds. The van der Waals surface area contributed by atoms with Crippen LogP contribution in [0.25, 0.3) is 0 Å². The number of nitrogens with one attached hydrogen (secondary N) is 1. The Hall–Kier alpha value is -1.79. The minimum atomic E-state index is -0.822. The highest BCUT2D eigenvalue weighted by Gasteiger charge is 2.18. The number of oxime groups is 2. The first-order valence-corrected chi connectivity index (χ1v) is 5.01. The molecule has 0 unspecified atom stereocenters. The highest BCUT2D eigenvalue weighted by atomic mass is 35.5. The molecule has 90 valence electrons. The Balaban J connectivity index is 2.82. The summed E-state index contributed by atoms with van der Waals surface area (Å²) < 4.78 is 0. The summed E-state index contributed by atoms with van der Waals surface area (Å²) >= 11 is 11.0. The Bertz CT molecular complexity index is 471. The summed E-state index contributed by atoms with van der Waals surface area (Å²) in [7, 11) is 0. The first-order chi connectivity index (χ1) is 8.08. The van der Waals surface area contributed by atoms with Crippen molar-refractivity contribution in [1.82, 2.24) is 0 Å². The SMILES string of the molecule is O=C(Nc1ccc(Cl)cc1)C(=N/O)/C(Cl)=N/O. The first-order valence-electron chi connectivity index (χ1n) is 4.25. The fourth-order valence-electron chi connectivity index (χ4n) is 0.951. The third-order valence-electron chi connectivity index (χ3n) is 1.70. The van der Waals surface area contributed by atoms with Crippen LogP contribution in [-0.4, -0.2) is 27.2 Å². The van der Waals surface area contributed by atoms with Crippen molar-refractivity contribution in [3.63, 3.8) is 0 Å². The smallest absolute Gasteiger partial charge is 0.281 e. The van der Waals surface area contributed by atoms with Crippen molar-refractivity contribution in [2.45, 2.75) is 0 Å². The highest BCUT2D eigenvalue weighted by Crippen LogP contribution is 2.13. The molecular formula is C9H7Cl2N3O3. The van der Waals surface area contributed by atoms with Gasteiger partial charge in [0, 0.05) is 10.7 Å². The van der Waals surface area contributed by atoms with Gasteiger partial charge in [-0.3, -0.25) is 4.79 Å². The van der Waals surface area contributed by atoms with Crippen molar-refractivity contribution in [1.29, 1.82) is 0 Å². The molecule has 1 aromatic carbocycles. The van der Waals surface area contributed by atoms with Crippen molar-refractivity contribution in [2.75, 3.05) is 5.32 Å². The van der Waals surface area contributed by atoms with Crippen LogP contribution in [0.1, 0.15) is 0 Å². The number of anilines is 1. The van der Waals surface area contributed by atoms with Gasteiger partial charge in [-0.2, -0.15) is 0 Å². The number of halogens is 2. The molecule has 0 atom stereocenters. The molecule has 0 saturated carbocycles. The Kier molecular flexibility index (Phi) is 4.74. The van der Waals surface area contributed by atoms with Gasteiger partial charge in [0.2, 0.25) is 10.9 Å². The Morgan fingerprint density at radius 1 is 1.18 bits per heavy atom. The third-order valence-corrected chi connectivity index (χ3v) is 2.21. The minimum Gasteiger partial charge on any atom is -0.410 e. The van der Waals surface area contributed by atoms with E-state index >= 15 is 0 Å². The number of benzene rings is 1. The van der Waals surface area contributed by atoms with E-state index < -0.39 is 16.8 Å². The van der Waals surface area contributed by atoms with Crippen molar-refractivity contribution in [3.8, 4) is 0 Å². The molecule has 0 heterocycles. The largest absolute Gasteiger partial charge is 0.410 e. The maximum Gasteiger partial charge on any atom is 0.281 e. The van der Waals surface area contributed by atoms with Crippen LogP contribution in [0.15, 0.2) is 34.6 Å². The van der Waals surface area contributed by atoms with Crippen LogP contribution < -0.4 is 5.32 Å². The molecule has 0 bridgehead atoms. The van der Waals surface area contributed by atoms with Crippen LogP contribution in [-0.2, 0) is 4.79 Å². The van der Waals surface area contributed by atoms with E-state index in [-0.39, 0.29) is 0 Å². The van der Waals surface area contributed by atoms with Gasteiger partial charge >= 0.3 is 0 Å². The standard InChI is InChI=1S/C9H7Cl2N3O3/c10-5-1-3-6(4-2-5)12-9(15)7(13-16)8(11)14-17/h1-4,16-17H,(H,12,15)/b13-7+,14-8-. The minimum absolute atomic E-state index is 0.419. The monoisotopic (exact) mass is 275 g/mol. The van der Waals surface area contributed by atoms with Crippen molar-refractivity contribution < 1.29 is 15.2 Å². The fraction of sp³-hybridized carbons (Fsp3) is 0. The lowest BCUT2D eigenvalue weighted by Gasteiger charge is -2.04. The molecule has 0 fully saturated rings. The maximum absolute atomic E-state index is 11.5. The molecule has 0 aliphatic carbocycles. The molecule has 0 saturated heterocycles. The summed E-state index contributed by atoms with van der Waals surface area (Å²) in [5.74, 6) is -0.822. The zero-order valence-electron chi connectivity index (χ0n) is 8.26. The Labute approximate surface area is 106 Å². The summed E-state index contributed by atoms with van der Waals surface area (Å²) in [6, 6.07) is 6.21. The number of amides is 1. The van der Waals surface area contributed by atoms with Crippen LogP contribution in [0.3, 0.4) is 0 Å². The second kappa shape index (κ2) is 6.07. The van der Waals surface area contributed by atoms with Crippen LogP contribution >= 0.6 is 23.2 Å². The van der Waals surface area contributed by atoms with E-state index in [1.807, 2.05) is 0 Å². The maximum atomic E-state index is 11.5. The van der Waals surface area contributed by atoms with Gasteiger partial charge in [0.05, 0.1) is 0 Å². The molecule has 0 aliphatic heterocycles. The van der Waals surface area contributed by atoms with E-state index in [1.165, 1.54) is 0 Å². The van der Waals surface area contributed by atoms with Gasteiger partial charge in [0.1, 0.15) is 0 Å². The molecule has 8 heteroatoms. The second-order valence-electron chi connectivity index (χ2n) is 2.80. The van der Waals surface area contributed by atoms with Crippen LogP contribution in [0.5, 0.6) is 0 Å². The van der Waals surface area contributed by atoms with E-state index in [1.54, 1.807) is 24.3 Å². The number of carbonyl (C=O) groups is 1.